The van der Waals surface area contributed by atoms with Crippen molar-refractivity contribution in [1.82, 2.24) is 10.6 Å². The molecule has 1 aliphatic heterocycles. The van der Waals surface area contributed by atoms with Gasteiger partial charge in [-0.2, -0.15) is 0 Å². The molecule has 1 saturated heterocycles. The third-order valence-corrected chi connectivity index (χ3v) is 5.26. The SMILES string of the molecule is Cc1cccc(CC(=O)NCC(=O)NC2CCS(=O)(=O)C2)c1. The van der Waals surface area contributed by atoms with Crippen LogP contribution in [0.1, 0.15) is 17.5 Å². The predicted octanol–water partition coefficient (Wildman–Crippen LogP) is -0.0430. The molecule has 2 rings (SSSR count). The Kier molecular flexibility index (Phi) is 5.18. The lowest BCUT2D eigenvalue weighted by molar-refractivity contribution is -0.126. The third-order valence-electron chi connectivity index (χ3n) is 3.49. The minimum absolute atomic E-state index is 0.0179. The number of nitrogens with one attached hydrogen (secondary N) is 2. The fourth-order valence-electron chi connectivity index (χ4n) is 2.44. The van der Waals surface area contributed by atoms with Crippen molar-refractivity contribution in [3.63, 3.8) is 0 Å². The molecule has 7 heteroatoms. The first-order valence-electron chi connectivity index (χ1n) is 7.16. The van der Waals surface area contributed by atoms with Gasteiger partial charge in [0.15, 0.2) is 9.84 Å². The van der Waals surface area contributed by atoms with Crippen molar-refractivity contribution in [2.24, 2.45) is 0 Å². The van der Waals surface area contributed by atoms with E-state index in [1.807, 2.05) is 31.2 Å². The highest BCUT2D eigenvalue weighted by atomic mass is 32.2. The molecule has 1 unspecified atom stereocenters. The lowest BCUT2D eigenvalue weighted by atomic mass is 10.1. The van der Waals surface area contributed by atoms with Crippen molar-refractivity contribution < 1.29 is 18.0 Å². The normalized spacial score (nSPS) is 19.6. The van der Waals surface area contributed by atoms with E-state index in [2.05, 4.69) is 10.6 Å². The van der Waals surface area contributed by atoms with Crippen molar-refractivity contribution in [2.75, 3.05) is 18.1 Å². The molecule has 0 saturated carbocycles. The van der Waals surface area contributed by atoms with Crippen molar-refractivity contribution in [3.8, 4) is 0 Å². The number of hydrogen-bond donors (Lipinski definition) is 2. The summed E-state index contributed by atoms with van der Waals surface area (Å²) in [6, 6.07) is 7.26. The van der Waals surface area contributed by atoms with Crippen LogP contribution in [0.15, 0.2) is 24.3 Å². The number of amides is 2. The van der Waals surface area contributed by atoms with Gasteiger partial charge in [-0.15, -0.1) is 0 Å². The van der Waals surface area contributed by atoms with E-state index in [1.54, 1.807) is 0 Å². The van der Waals surface area contributed by atoms with Crippen molar-refractivity contribution in [1.29, 1.82) is 0 Å². The first-order valence-corrected chi connectivity index (χ1v) is 8.98. The Morgan fingerprint density at radius 3 is 2.68 bits per heavy atom. The Hall–Kier alpha value is -1.89. The average molecular weight is 324 g/mol. The second kappa shape index (κ2) is 6.91. The van der Waals surface area contributed by atoms with Crippen LogP contribution in [-0.2, 0) is 25.8 Å². The lowest BCUT2D eigenvalue weighted by Gasteiger charge is -2.11. The number of hydrogen-bond acceptors (Lipinski definition) is 4. The van der Waals surface area contributed by atoms with Gasteiger partial charge >= 0.3 is 0 Å². The Bertz CT molecular complexity index is 670. The van der Waals surface area contributed by atoms with Crippen LogP contribution in [0.5, 0.6) is 0 Å². The molecule has 0 bridgehead atoms. The van der Waals surface area contributed by atoms with Gasteiger partial charge in [0.2, 0.25) is 11.8 Å². The fraction of sp³-hybridized carbons (Fsp3) is 0.467. The van der Waals surface area contributed by atoms with Gasteiger partial charge in [0.05, 0.1) is 24.5 Å². The summed E-state index contributed by atoms with van der Waals surface area (Å²) in [4.78, 5) is 23.5. The van der Waals surface area contributed by atoms with E-state index in [0.717, 1.165) is 11.1 Å². The summed E-state index contributed by atoms with van der Waals surface area (Å²) >= 11 is 0. The molecule has 22 heavy (non-hydrogen) atoms. The highest BCUT2D eigenvalue weighted by molar-refractivity contribution is 7.91. The second-order valence-corrected chi connectivity index (χ2v) is 7.84. The molecular weight excluding hydrogens is 304 g/mol. The molecule has 2 amide bonds. The Balaban J connectivity index is 1.73. The zero-order valence-corrected chi connectivity index (χ0v) is 13.3. The largest absolute Gasteiger partial charge is 0.351 e. The summed E-state index contributed by atoms with van der Waals surface area (Å²) in [5.74, 6) is -0.507. The highest BCUT2D eigenvalue weighted by Crippen LogP contribution is 2.10. The van der Waals surface area contributed by atoms with Crippen molar-refractivity contribution in [3.05, 3.63) is 35.4 Å². The molecule has 120 valence electrons. The summed E-state index contributed by atoms with van der Waals surface area (Å²) in [6.45, 7) is 1.81. The van der Waals surface area contributed by atoms with E-state index in [0.29, 0.717) is 6.42 Å². The maximum atomic E-state index is 11.8. The summed E-state index contributed by atoms with van der Waals surface area (Å²) in [6.07, 6.45) is 0.651. The second-order valence-electron chi connectivity index (χ2n) is 5.61. The fourth-order valence-corrected chi connectivity index (χ4v) is 4.11. The molecule has 0 aliphatic carbocycles. The van der Waals surface area contributed by atoms with Gasteiger partial charge in [0.25, 0.3) is 0 Å². The van der Waals surface area contributed by atoms with Crippen LogP contribution >= 0.6 is 0 Å². The van der Waals surface area contributed by atoms with Crippen LogP contribution in [0.4, 0.5) is 0 Å². The lowest BCUT2D eigenvalue weighted by Crippen LogP contribution is -2.42. The molecule has 1 aliphatic rings. The average Bonchev–Trinajstić information content (AvgIpc) is 2.75. The Morgan fingerprint density at radius 2 is 2.05 bits per heavy atom. The molecule has 6 nitrogen and oxygen atoms in total. The molecule has 1 atom stereocenters. The van der Waals surface area contributed by atoms with Gasteiger partial charge in [-0.05, 0) is 18.9 Å². The molecule has 2 N–H and O–H groups in total. The first-order chi connectivity index (χ1) is 10.3. The minimum Gasteiger partial charge on any atom is -0.351 e. The topological polar surface area (TPSA) is 92.3 Å². The standard InChI is InChI=1S/C15H20N2O4S/c1-11-3-2-4-12(7-11)8-14(18)16-9-15(19)17-13-5-6-22(20,21)10-13/h2-4,7,13H,5-6,8-10H2,1H3,(H,16,18)(H,17,19). The summed E-state index contributed by atoms with van der Waals surface area (Å²) in [7, 11) is -3.02. The van der Waals surface area contributed by atoms with Gasteiger partial charge in [0, 0.05) is 6.04 Å². The van der Waals surface area contributed by atoms with Gasteiger partial charge in [0.1, 0.15) is 0 Å². The maximum absolute atomic E-state index is 11.8. The van der Waals surface area contributed by atoms with E-state index >= 15 is 0 Å². The van der Waals surface area contributed by atoms with E-state index < -0.39 is 9.84 Å². The Labute approximate surface area is 130 Å². The van der Waals surface area contributed by atoms with E-state index in [9.17, 15) is 18.0 Å². The monoisotopic (exact) mass is 324 g/mol. The van der Waals surface area contributed by atoms with Crippen molar-refractivity contribution in [2.45, 2.75) is 25.8 Å². The molecule has 1 aromatic carbocycles. The predicted molar refractivity (Wildman–Crippen MR) is 83.1 cm³/mol. The van der Waals surface area contributed by atoms with Crippen LogP contribution < -0.4 is 10.6 Å². The van der Waals surface area contributed by atoms with Crippen LogP contribution in [0.3, 0.4) is 0 Å². The number of carbonyl (C=O) groups excluding carboxylic acids is 2. The number of sulfone groups is 1. The van der Waals surface area contributed by atoms with Crippen LogP contribution in [-0.4, -0.2) is 44.3 Å². The summed E-state index contributed by atoms with van der Waals surface area (Å²) in [5, 5.41) is 5.17. The van der Waals surface area contributed by atoms with Crippen LogP contribution in [0.25, 0.3) is 0 Å². The molecule has 0 spiro atoms. The van der Waals surface area contributed by atoms with E-state index in [4.69, 9.17) is 0 Å². The Morgan fingerprint density at radius 1 is 1.27 bits per heavy atom. The molecular formula is C15H20N2O4S. The molecule has 1 fully saturated rings. The first kappa shape index (κ1) is 16.5. The minimum atomic E-state index is -3.02. The zero-order valence-electron chi connectivity index (χ0n) is 12.5. The number of rotatable bonds is 5. The molecule has 0 aromatic heterocycles. The quantitative estimate of drug-likeness (QED) is 0.795. The number of benzene rings is 1. The van der Waals surface area contributed by atoms with Gasteiger partial charge in [-0.1, -0.05) is 29.8 Å². The van der Waals surface area contributed by atoms with Gasteiger partial charge in [-0.25, -0.2) is 8.42 Å². The van der Waals surface area contributed by atoms with E-state index in [-0.39, 0.29) is 42.3 Å². The highest BCUT2D eigenvalue weighted by Gasteiger charge is 2.28. The molecule has 0 radical (unpaired) electrons. The number of aryl methyl sites for hydroxylation is 1. The smallest absolute Gasteiger partial charge is 0.239 e. The van der Waals surface area contributed by atoms with Crippen LogP contribution in [0.2, 0.25) is 0 Å². The third kappa shape index (κ3) is 5.14. The maximum Gasteiger partial charge on any atom is 0.239 e. The molecule has 1 aromatic rings. The van der Waals surface area contributed by atoms with Crippen molar-refractivity contribution >= 4 is 21.7 Å². The van der Waals surface area contributed by atoms with Gasteiger partial charge in [-0.3, -0.25) is 9.59 Å². The van der Waals surface area contributed by atoms with E-state index in [1.165, 1.54) is 0 Å². The summed E-state index contributed by atoms with van der Waals surface area (Å²) in [5.41, 5.74) is 1.96. The summed E-state index contributed by atoms with van der Waals surface area (Å²) < 4.78 is 22.6. The number of carbonyl (C=O) groups is 2. The van der Waals surface area contributed by atoms with Crippen LogP contribution in [0, 0.1) is 6.92 Å². The van der Waals surface area contributed by atoms with Gasteiger partial charge < -0.3 is 10.6 Å². The zero-order chi connectivity index (χ0) is 16.2. The molecule has 1 heterocycles.